The van der Waals surface area contributed by atoms with Crippen LogP contribution in [0.2, 0.25) is 0 Å². The zero-order valence-electron chi connectivity index (χ0n) is 16.3. The molecule has 1 fully saturated rings. The number of anilines is 1. The second-order valence-corrected chi connectivity index (χ2v) is 7.20. The molecular formula is C22H28N2O3. The van der Waals surface area contributed by atoms with Crippen LogP contribution in [0.5, 0.6) is 11.5 Å². The third kappa shape index (κ3) is 5.01. The summed E-state index contributed by atoms with van der Waals surface area (Å²) in [5.74, 6) is 1.85. The molecule has 0 radical (unpaired) electrons. The Morgan fingerprint density at radius 2 is 1.85 bits per heavy atom. The molecule has 0 spiro atoms. The van der Waals surface area contributed by atoms with Gasteiger partial charge in [-0.25, -0.2) is 0 Å². The van der Waals surface area contributed by atoms with E-state index < -0.39 is 0 Å². The number of hydrogen-bond donors (Lipinski definition) is 1. The van der Waals surface area contributed by atoms with Crippen LogP contribution in [0.25, 0.3) is 0 Å². The van der Waals surface area contributed by atoms with E-state index in [0.717, 1.165) is 25.6 Å². The maximum atomic E-state index is 12.5. The highest BCUT2D eigenvalue weighted by molar-refractivity contribution is 6.04. The minimum atomic E-state index is -0.139. The highest BCUT2D eigenvalue weighted by Crippen LogP contribution is 2.30. The lowest BCUT2D eigenvalue weighted by Crippen LogP contribution is -2.33. The molecular weight excluding hydrogens is 340 g/mol. The fourth-order valence-electron chi connectivity index (χ4n) is 3.57. The molecule has 1 atom stereocenters. The van der Waals surface area contributed by atoms with Crippen LogP contribution in [-0.2, 0) is 6.54 Å². The van der Waals surface area contributed by atoms with Gasteiger partial charge in [-0.1, -0.05) is 19.1 Å². The van der Waals surface area contributed by atoms with Gasteiger partial charge in [0.1, 0.15) is 0 Å². The molecule has 1 aliphatic rings. The first-order chi connectivity index (χ1) is 13.1. The quantitative estimate of drug-likeness (QED) is 0.831. The number of rotatable bonds is 6. The summed E-state index contributed by atoms with van der Waals surface area (Å²) >= 11 is 0. The molecule has 5 nitrogen and oxygen atoms in total. The zero-order valence-corrected chi connectivity index (χ0v) is 16.3. The number of piperidine rings is 1. The number of carbonyl (C=O) groups is 1. The third-order valence-electron chi connectivity index (χ3n) is 5.00. The summed E-state index contributed by atoms with van der Waals surface area (Å²) in [6.45, 7) is 5.57. The van der Waals surface area contributed by atoms with Gasteiger partial charge in [-0.05, 0) is 55.1 Å². The van der Waals surface area contributed by atoms with Crippen molar-refractivity contribution < 1.29 is 14.3 Å². The van der Waals surface area contributed by atoms with E-state index in [1.807, 2.05) is 24.3 Å². The Morgan fingerprint density at radius 3 is 2.52 bits per heavy atom. The molecule has 2 aromatic carbocycles. The average Bonchev–Trinajstić information content (AvgIpc) is 2.68. The molecule has 144 valence electrons. The topological polar surface area (TPSA) is 50.8 Å². The zero-order chi connectivity index (χ0) is 19.2. The van der Waals surface area contributed by atoms with Crippen molar-refractivity contribution in [1.82, 2.24) is 4.90 Å². The van der Waals surface area contributed by atoms with E-state index in [-0.39, 0.29) is 5.91 Å². The molecule has 0 saturated carbocycles. The van der Waals surface area contributed by atoms with Crippen molar-refractivity contribution in [2.75, 3.05) is 32.6 Å². The number of ether oxygens (including phenoxy) is 2. The molecule has 0 bridgehead atoms. The predicted molar refractivity (Wildman–Crippen MR) is 108 cm³/mol. The van der Waals surface area contributed by atoms with Crippen molar-refractivity contribution in [3.63, 3.8) is 0 Å². The molecule has 2 aromatic rings. The largest absolute Gasteiger partial charge is 0.493 e. The maximum Gasteiger partial charge on any atom is 0.255 e. The lowest BCUT2D eigenvalue weighted by molar-refractivity contribution is 0.102. The first-order valence-electron chi connectivity index (χ1n) is 9.43. The minimum absolute atomic E-state index is 0.139. The predicted octanol–water partition coefficient (Wildman–Crippen LogP) is 4.19. The Balaban J connectivity index is 1.62. The second-order valence-electron chi connectivity index (χ2n) is 7.20. The van der Waals surface area contributed by atoms with E-state index in [1.165, 1.54) is 18.4 Å². The van der Waals surface area contributed by atoms with Crippen LogP contribution in [-0.4, -0.2) is 38.1 Å². The Kier molecular flexibility index (Phi) is 6.35. The monoisotopic (exact) mass is 368 g/mol. The van der Waals surface area contributed by atoms with E-state index in [1.54, 1.807) is 32.4 Å². The highest BCUT2D eigenvalue weighted by Gasteiger charge is 2.16. The number of amides is 1. The smallest absolute Gasteiger partial charge is 0.255 e. The third-order valence-corrected chi connectivity index (χ3v) is 5.00. The maximum absolute atomic E-state index is 12.5. The van der Waals surface area contributed by atoms with Crippen LogP contribution in [0, 0.1) is 5.92 Å². The van der Waals surface area contributed by atoms with Crippen molar-refractivity contribution in [2.24, 2.45) is 5.92 Å². The van der Waals surface area contributed by atoms with Gasteiger partial charge in [-0.3, -0.25) is 9.69 Å². The molecule has 27 heavy (non-hydrogen) atoms. The summed E-state index contributed by atoms with van der Waals surface area (Å²) in [6, 6.07) is 13.2. The highest BCUT2D eigenvalue weighted by atomic mass is 16.5. The Morgan fingerprint density at radius 1 is 1.11 bits per heavy atom. The van der Waals surface area contributed by atoms with Gasteiger partial charge in [-0.2, -0.15) is 0 Å². The summed E-state index contributed by atoms with van der Waals surface area (Å²) in [7, 11) is 3.16. The number of hydrogen-bond acceptors (Lipinski definition) is 4. The van der Waals surface area contributed by atoms with Crippen molar-refractivity contribution in [2.45, 2.75) is 26.3 Å². The van der Waals surface area contributed by atoms with Crippen LogP contribution in [0.15, 0.2) is 42.5 Å². The number of nitrogens with one attached hydrogen (secondary N) is 1. The van der Waals surface area contributed by atoms with Gasteiger partial charge < -0.3 is 14.8 Å². The number of methoxy groups -OCH3 is 2. The van der Waals surface area contributed by atoms with Crippen LogP contribution < -0.4 is 14.8 Å². The van der Waals surface area contributed by atoms with Crippen LogP contribution in [0.4, 0.5) is 5.69 Å². The number of carbonyl (C=O) groups excluding carboxylic acids is 1. The Labute approximate surface area is 161 Å². The fourth-order valence-corrected chi connectivity index (χ4v) is 3.57. The molecule has 3 rings (SSSR count). The van der Waals surface area contributed by atoms with Gasteiger partial charge in [0.15, 0.2) is 11.5 Å². The van der Waals surface area contributed by atoms with Crippen molar-refractivity contribution >= 4 is 11.6 Å². The fraction of sp³-hybridized carbons (Fsp3) is 0.409. The van der Waals surface area contributed by atoms with Crippen LogP contribution in [0.1, 0.15) is 35.7 Å². The standard InChI is InChI=1S/C22H28N2O3/c1-16-5-4-12-24(14-16)15-17-6-8-18(9-7-17)22(25)23-19-10-11-20(26-2)21(13-19)27-3/h6-11,13,16H,4-5,12,14-15H2,1-3H3,(H,23,25). The van der Waals surface area contributed by atoms with Crippen molar-refractivity contribution in [1.29, 1.82) is 0 Å². The molecule has 1 N–H and O–H groups in total. The van der Waals surface area contributed by atoms with Gasteiger partial charge in [0.05, 0.1) is 14.2 Å². The molecule has 1 saturated heterocycles. The molecule has 1 unspecified atom stereocenters. The first-order valence-corrected chi connectivity index (χ1v) is 9.43. The average molecular weight is 368 g/mol. The van der Waals surface area contributed by atoms with Crippen LogP contribution in [0.3, 0.4) is 0 Å². The molecule has 1 amide bonds. The minimum Gasteiger partial charge on any atom is -0.493 e. The van der Waals surface area contributed by atoms with E-state index >= 15 is 0 Å². The van der Waals surface area contributed by atoms with Crippen molar-refractivity contribution in [3.05, 3.63) is 53.6 Å². The SMILES string of the molecule is COc1ccc(NC(=O)c2ccc(CN3CCCC(C)C3)cc2)cc1OC. The first kappa shape index (κ1) is 19.2. The van der Waals surface area contributed by atoms with Gasteiger partial charge in [0, 0.05) is 30.4 Å². The number of nitrogens with zero attached hydrogens (tertiary/aromatic N) is 1. The summed E-state index contributed by atoms with van der Waals surface area (Å²) in [5.41, 5.74) is 2.55. The lowest BCUT2D eigenvalue weighted by atomic mass is 9.99. The van der Waals surface area contributed by atoms with Gasteiger partial charge in [0.2, 0.25) is 0 Å². The van der Waals surface area contributed by atoms with Gasteiger partial charge >= 0.3 is 0 Å². The van der Waals surface area contributed by atoms with E-state index in [9.17, 15) is 4.79 Å². The normalized spacial score (nSPS) is 17.4. The van der Waals surface area contributed by atoms with Gasteiger partial charge in [0.25, 0.3) is 5.91 Å². The van der Waals surface area contributed by atoms with E-state index in [4.69, 9.17) is 9.47 Å². The van der Waals surface area contributed by atoms with Gasteiger partial charge in [-0.15, -0.1) is 0 Å². The van der Waals surface area contributed by atoms with Crippen LogP contribution >= 0.6 is 0 Å². The Bertz CT molecular complexity index is 774. The summed E-state index contributed by atoms with van der Waals surface area (Å²) in [6.07, 6.45) is 2.60. The summed E-state index contributed by atoms with van der Waals surface area (Å²) < 4.78 is 10.5. The Hall–Kier alpha value is -2.53. The van der Waals surface area contributed by atoms with Crippen molar-refractivity contribution in [3.8, 4) is 11.5 Å². The molecule has 0 aromatic heterocycles. The molecule has 1 heterocycles. The number of likely N-dealkylation sites (tertiary alicyclic amines) is 1. The molecule has 5 heteroatoms. The lowest BCUT2D eigenvalue weighted by Gasteiger charge is -2.30. The van der Waals surface area contributed by atoms with E-state index in [0.29, 0.717) is 22.7 Å². The van der Waals surface area contributed by atoms with E-state index in [2.05, 4.69) is 17.1 Å². The molecule has 1 aliphatic heterocycles. The second kappa shape index (κ2) is 8.91. The summed E-state index contributed by atoms with van der Waals surface area (Å²) in [4.78, 5) is 15.0. The molecule has 0 aliphatic carbocycles. The number of benzene rings is 2. The summed E-state index contributed by atoms with van der Waals surface area (Å²) in [5, 5.41) is 2.91.